The van der Waals surface area contributed by atoms with E-state index in [4.69, 9.17) is 23.2 Å². The fraction of sp³-hybridized carbons (Fsp3) is 0.312. The van der Waals surface area contributed by atoms with Crippen molar-refractivity contribution in [2.24, 2.45) is 0 Å². The van der Waals surface area contributed by atoms with Crippen LogP contribution in [0.5, 0.6) is 0 Å². The molecule has 0 spiro atoms. The molecule has 0 N–H and O–H groups in total. The molecule has 1 aliphatic rings. The number of aromatic nitrogens is 4. The Labute approximate surface area is 149 Å². The van der Waals surface area contributed by atoms with Crippen molar-refractivity contribution in [3.05, 3.63) is 46.5 Å². The van der Waals surface area contributed by atoms with Gasteiger partial charge in [-0.3, -0.25) is 4.40 Å². The largest absolute Gasteiger partial charge is 0.367 e. The van der Waals surface area contributed by atoms with E-state index in [0.29, 0.717) is 10.0 Å². The van der Waals surface area contributed by atoms with E-state index in [2.05, 4.69) is 25.0 Å². The highest BCUT2D eigenvalue weighted by molar-refractivity contribution is 6.43. The first-order valence-electron chi connectivity index (χ1n) is 7.75. The molecular formula is C16H16Cl2N6. The van der Waals surface area contributed by atoms with Crippen LogP contribution in [0.25, 0.3) is 5.65 Å². The first kappa shape index (κ1) is 15.5. The van der Waals surface area contributed by atoms with Crippen LogP contribution in [0.4, 0.5) is 11.5 Å². The zero-order valence-electron chi connectivity index (χ0n) is 13.2. The lowest BCUT2D eigenvalue weighted by molar-refractivity contribution is 0.647. The molecule has 0 radical (unpaired) electrons. The van der Waals surface area contributed by atoms with Crippen molar-refractivity contribution in [1.82, 2.24) is 19.6 Å². The highest BCUT2D eigenvalue weighted by atomic mass is 35.5. The summed E-state index contributed by atoms with van der Waals surface area (Å²) in [6, 6.07) is 5.74. The third-order valence-electron chi connectivity index (χ3n) is 4.33. The van der Waals surface area contributed by atoms with E-state index < -0.39 is 0 Å². The molecule has 3 aromatic rings. The molecule has 24 heavy (non-hydrogen) atoms. The first-order chi connectivity index (χ1) is 11.6. The van der Waals surface area contributed by atoms with Gasteiger partial charge >= 0.3 is 0 Å². The lowest BCUT2D eigenvalue weighted by Crippen LogP contribution is -2.47. The monoisotopic (exact) mass is 362 g/mol. The summed E-state index contributed by atoms with van der Waals surface area (Å²) in [5, 5.41) is 9.59. The molecule has 124 valence electrons. The number of fused-ring (bicyclic) bond motifs is 1. The van der Waals surface area contributed by atoms with Crippen LogP contribution in [0.2, 0.25) is 10.0 Å². The smallest absolute Gasteiger partial charge is 0.203 e. The second-order valence-electron chi connectivity index (χ2n) is 5.74. The molecule has 4 rings (SSSR count). The number of hydrogen-bond acceptors (Lipinski definition) is 5. The number of hydrogen-bond donors (Lipinski definition) is 0. The van der Waals surface area contributed by atoms with Crippen molar-refractivity contribution in [2.75, 3.05) is 36.0 Å². The molecule has 2 aromatic heterocycles. The third-order valence-corrected chi connectivity index (χ3v) is 5.14. The molecule has 1 aromatic carbocycles. The lowest BCUT2D eigenvalue weighted by Gasteiger charge is -2.37. The summed E-state index contributed by atoms with van der Waals surface area (Å²) in [7, 11) is 0. The van der Waals surface area contributed by atoms with Crippen LogP contribution < -0.4 is 9.80 Å². The first-order valence-corrected chi connectivity index (χ1v) is 8.51. The van der Waals surface area contributed by atoms with Gasteiger partial charge < -0.3 is 9.80 Å². The maximum absolute atomic E-state index is 6.34. The van der Waals surface area contributed by atoms with Gasteiger partial charge in [0, 0.05) is 38.6 Å². The van der Waals surface area contributed by atoms with Crippen molar-refractivity contribution in [1.29, 1.82) is 0 Å². The Morgan fingerprint density at radius 1 is 1.00 bits per heavy atom. The van der Waals surface area contributed by atoms with Crippen LogP contribution in [-0.4, -0.2) is 45.8 Å². The van der Waals surface area contributed by atoms with E-state index in [9.17, 15) is 0 Å². The van der Waals surface area contributed by atoms with Gasteiger partial charge in [-0.1, -0.05) is 29.3 Å². The summed E-state index contributed by atoms with van der Waals surface area (Å²) < 4.78 is 1.96. The number of benzene rings is 1. The summed E-state index contributed by atoms with van der Waals surface area (Å²) in [6.07, 6.45) is 3.68. The zero-order valence-corrected chi connectivity index (χ0v) is 14.7. The van der Waals surface area contributed by atoms with Crippen LogP contribution in [0.15, 0.2) is 30.6 Å². The van der Waals surface area contributed by atoms with Crippen LogP contribution in [-0.2, 0) is 0 Å². The maximum atomic E-state index is 6.34. The minimum atomic E-state index is 0.585. The summed E-state index contributed by atoms with van der Waals surface area (Å²) in [6.45, 7) is 5.29. The summed E-state index contributed by atoms with van der Waals surface area (Å²) in [5.41, 5.74) is 1.78. The molecule has 0 atom stereocenters. The van der Waals surface area contributed by atoms with E-state index in [1.54, 1.807) is 6.20 Å². The zero-order chi connectivity index (χ0) is 16.7. The normalized spacial score (nSPS) is 15.3. The number of halogens is 2. The van der Waals surface area contributed by atoms with Crippen molar-refractivity contribution in [3.8, 4) is 0 Å². The van der Waals surface area contributed by atoms with Gasteiger partial charge in [0.25, 0.3) is 0 Å². The van der Waals surface area contributed by atoms with Crippen molar-refractivity contribution in [3.63, 3.8) is 0 Å². The fourth-order valence-corrected chi connectivity index (χ4v) is 3.46. The molecule has 0 aliphatic carbocycles. The predicted molar refractivity (Wildman–Crippen MR) is 96.4 cm³/mol. The van der Waals surface area contributed by atoms with Crippen LogP contribution >= 0.6 is 23.2 Å². The van der Waals surface area contributed by atoms with Crippen LogP contribution in [0.1, 0.15) is 5.82 Å². The Balaban J connectivity index is 1.56. The van der Waals surface area contributed by atoms with E-state index in [1.807, 2.05) is 35.7 Å². The van der Waals surface area contributed by atoms with Crippen LogP contribution in [0, 0.1) is 6.92 Å². The average Bonchev–Trinajstić information content (AvgIpc) is 2.99. The van der Waals surface area contributed by atoms with Gasteiger partial charge in [0.1, 0.15) is 5.82 Å². The van der Waals surface area contributed by atoms with Crippen molar-refractivity contribution in [2.45, 2.75) is 6.92 Å². The molecule has 0 saturated carbocycles. The Morgan fingerprint density at radius 3 is 2.54 bits per heavy atom. The molecular weight excluding hydrogens is 347 g/mol. The van der Waals surface area contributed by atoms with Gasteiger partial charge in [0.2, 0.25) is 5.65 Å². The quantitative estimate of drug-likeness (QED) is 0.701. The summed E-state index contributed by atoms with van der Waals surface area (Å²) >= 11 is 12.5. The molecule has 0 amide bonds. The number of piperazine rings is 1. The molecule has 3 heterocycles. The maximum Gasteiger partial charge on any atom is 0.203 e. The predicted octanol–water partition coefficient (Wildman–Crippen LogP) is 3.07. The minimum Gasteiger partial charge on any atom is -0.367 e. The lowest BCUT2D eigenvalue weighted by atomic mass is 10.2. The number of nitrogens with zero attached hydrogens (tertiary/aromatic N) is 6. The van der Waals surface area contributed by atoms with Crippen molar-refractivity contribution >= 4 is 40.4 Å². The molecule has 6 nitrogen and oxygen atoms in total. The third kappa shape index (κ3) is 2.56. The second-order valence-corrected chi connectivity index (χ2v) is 6.52. The standard InChI is InChI=1S/C16H16Cl2N6/c1-11-20-21-16-15(19-5-6-24(11)16)23-9-7-22(8-10-23)13-4-2-3-12(17)14(13)18/h2-6H,7-10H2,1H3. The molecule has 1 aliphatic heterocycles. The number of rotatable bonds is 2. The minimum absolute atomic E-state index is 0.585. The highest BCUT2D eigenvalue weighted by Gasteiger charge is 2.23. The summed E-state index contributed by atoms with van der Waals surface area (Å²) in [4.78, 5) is 8.99. The SMILES string of the molecule is Cc1nnc2c(N3CCN(c4cccc(Cl)c4Cl)CC3)nccn12. The average molecular weight is 363 g/mol. The topological polar surface area (TPSA) is 49.6 Å². The Bertz CT molecular complexity index is 885. The van der Waals surface area contributed by atoms with Gasteiger partial charge in [-0.05, 0) is 19.1 Å². The fourth-order valence-electron chi connectivity index (χ4n) is 3.05. The molecule has 8 heteroatoms. The highest BCUT2D eigenvalue weighted by Crippen LogP contribution is 2.33. The molecule has 1 saturated heterocycles. The van der Waals surface area contributed by atoms with E-state index in [0.717, 1.165) is 49.2 Å². The Kier molecular flexibility index (Phi) is 3.94. The van der Waals surface area contributed by atoms with Gasteiger partial charge in [0.15, 0.2) is 5.82 Å². The van der Waals surface area contributed by atoms with E-state index in [1.165, 1.54) is 0 Å². The Morgan fingerprint density at radius 2 is 1.75 bits per heavy atom. The van der Waals surface area contributed by atoms with Gasteiger partial charge in [-0.25, -0.2) is 4.98 Å². The van der Waals surface area contributed by atoms with Crippen molar-refractivity contribution < 1.29 is 0 Å². The number of anilines is 2. The molecule has 0 unspecified atom stereocenters. The molecule has 1 fully saturated rings. The molecule has 0 bridgehead atoms. The van der Waals surface area contributed by atoms with E-state index in [-0.39, 0.29) is 0 Å². The van der Waals surface area contributed by atoms with Gasteiger partial charge in [-0.15, -0.1) is 10.2 Å². The van der Waals surface area contributed by atoms with E-state index >= 15 is 0 Å². The summed E-state index contributed by atoms with van der Waals surface area (Å²) in [5.74, 6) is 1.73. The van der Waals surface area contributed by atoms with Gasteiger partial charge in [0.05, 0.1) is 15.7 Å². The second kappa shape index (κ2) is 6.11. The number of aryl methyl sites for hydroxylation is 1. The Hall–Kier alpha value is -2.05. The van der Waals surface area contributed by atoms with Crippen LogP contribution in [0.3, 0.4) is 0 Å². The van der Waals surface area contributed by atoms with Gasteiger partial charge in [-0.2, -0.15) is 0 Å².